The maximum absolute atomic E-state index is 14.8. The quantitative estimate of drug-likeness (QED) is 0.585. The number of likely N-dealkylation sites (tertiary alicyclic amines) is 1. The minimum Gasteiger partial charge on any atom is -0.330 e. The summed E-state index contributed by atoms with van der Waals surface area (Å²) in [5.74, 6) is 1.99. The van der Waals surface area contributed by atoms with Gasteiger partial charge >= 0.3 is 11.7 Å². The van der Waals surface area contributed by atoms with Gasteiger partial charge in [-0.3, -0.25) is 9.88 Å². The summed E-state index contributed by atoms with van der Waals surface area (Å²) >= 11 is 0. The molecular weight excluding hydrogens is 425 g/mol. The van der Waals surface area contributed by atoms with Gasteiger partial charge in [0, 0.05) is 52.0 Å². The van der Waals surface area contributed by atoms with Gasteiger partial charge in [0.05, 0.1) is 5.69 Å². The molecule has 1 unspecified atom stereocenters. The molecule has 5 rings (SSSR count). The minimum absolute atomic E-state index is 0.178. The molecule has 9 nitrogen and oxygen atoms in total. The van der Waals surface area contributed by atoms with Crippen LogP contribution in [-0.4, -0.2) is 77.7 Å². The molecule has 3 aliphatic rings. The number of carbonyl (C=O) groups excluding carboxylic acids is 1. The molecule has 3 atom stereocenters. The largest absolute Gasteiger partial charge is 0.354 e. The van der Waals surface area contributed by atoms with Crippen molar-refractivity contribution < 1.29 is 9.18 Å². The first-order chi connectivity index (χ1) is 16.0. The van der Waals surface area contributed by atoms with Gasteiger partial charge in [-0.2, -0.15) is 4.98 Å². The number of nitrogens with one attached hydrogen (secondary N) is 2. The Morgan fingerprint density at radius 3 is 2.64 bits per heavy atom. The van der Waals surface area contributed by atoms with E-state index in [1.807, 2.05) is 0 Å². The molecule has 4 N–H and O–H groups in total. The van der Waals surface area contributed by atoms with Crippen molar-refractivity contribution in [2.24, 2.45) is 23.5 Å². The third kappa shape index (κ3) is 4.64. The number of amides is 2. The molecule has 1 aromatic heterocycles. The van der Waals surface area contributed by atoms with Crippen LogP contribution in [0, 0.1) is 23.6 Å². The van der Waals surface area contributed by atoms with Gasteiger partial charge in [0.1, 0.15) is 11.6 Å². The van der Waals surface area contributed by atoms with Crippen molar-refractivity contribution in [2.45, 2.75) is 6.42 Å². The molecule has 2 aliphatic heterocycles. The summed E-state index contributed by atoms with van der Waals surface area (Å²) in [6.45, 7) is 6.38. The Morgan fingerprint density at radius 1 is 1.21 bits per heavy atom. The summed E-state index contributed by atoms with van der Waals surface area (Å²) in [5, 5.41) is 5.83. The molecule has 10 heteroatoms. The van der Waals surface area contributed by atoms with E-state index in [1.54, 1.807) is 23.1 Å². The van der Waals surface area contributed by atoms with Crippen molar-refractivity contribution in [2.75, 3.05) is 57.7 Å². The lowest BCUT2D eigenvalue weighted by Gasteiger charge is -2.27. The molecule has 2 saturated heterocycles. The highest BCUT2D eigenvalue weighted by atomic mass is 19.1. The number of hydrogen-bond donors (Lipinski definition) is 3. The molecule has 0 bridgehead atoms. The van der Waals surface area contributed by atoms with Crippen LogP contribution < -0.4 is 22.1 Å². The van der Waals surface area contributed by atoms with Crippen LogP contribution in [-0.2, 0) is 6.42 Å². The fourth-order valence-corrected chi connectivity index (χ4v) is 5.16. The Morgan fingerprint density at radius 2 is 1.97 bits per heavy atom. The van der Waals surface area contributed by atoms with Gasteiger partial charge in [-0.1, -0.05) is 6.07 Å². The Bertz CT molecular complexity index is 1070. The monoisotopic (exact) mass is 455 g/mol. The summed E-state index contributed by atoms with van der Waals surface area (Å²) in [6.07, 6.45) is 2.13. The number of nitrogens with two attached hydrogens (primary N) is 1. The van der Waals surface area contributed by atoms with Crippen molar-refractivity contribution >= 4 is 11.8 Å². The van der Waals surface area contributed by atoms with E-state index in [4.69, 9.17) is 5.73 Å². The van der Waals surface area contributed by atoms with Crippen LogP contribution >= 0.6 is 0 Å². The highest BCUT2D eigenvalue weighted by Crippen LogP contribution is 2.50. The Labute approximate surface area is 191 Å². The molecule has 1 aliphatic carbocycles. The van der Waals surface area contributed by atoms with E-state index in [2.05, 4.69) is 20.5 Å². The fourth-order valence-electron chi connectivity index (χ4n) is 5.16. The zero-order valence-corrected chi connectivity index (χ0v) is 18.5. The van der Waals surface area contributed by atoms with Crippen molar-refractivity contribution in [3.63, 3.8) is 0 Å². The molecule has 176 valence electrons. The number of hydrogen-bond acceptors (Lipinski definition) is 6. The second kappa shape index (κ2) is 9.20. The average Bonchev–Trinajstić information content (AvgIpc) is 3.30. The van der Waals surface area contributed by atoms with Crippen LogP contribution in [0.4, 0.5) is 15.0 Å². The van der Waals surface area contributed by atoms with Crippen LogP contribution in [0.3, 0.4) is 0 Å². The molecule has 33 heavy (non-hydrogen) atoms. The highest BCUT2D eigenvalue weighted by molar-refractivity contribution is 5.88. The number of anilines is 1. The maximum Gasteiger partial charge on any atom is 0.354 e. The first kappa shape index (κ1) is 22.0. The second-order valence-corrected chi connectivity index (χ2v) is 9.15. The van der Waals surface area contributed by atoms with Gasteiger partial charge in [-0.05, 0) is 54.5 Å². The van der Waals surface area contributed by atoms with Crippen LogP contribution in [0.15, 0.2) is 35.3 Å². The van der Waals surface area contributed by atoms with Gasteiger partial charge in [-0.25, -0.2) is 14.0 Å². The lowest BCUT2D eigenvalue weighted by molar-refractivity contribution is 0.204. The zero-order valence-electron chi connectivity index (χ0n) is 18.5. The van der Waals surface area contributed by atoms with E-state index in [0.717, 1.165) is 51.1 Å². The van der Waals surface area contributed by atoms with Crippen molar-refractivity contribution in [1.82, 2.24) is 24.7 Å². The standard InChI is InChI=1S/C23H30FN7O2/c24-20-11-16(2-1-15(20)3-7-29-13-18-17(12-25)19(18)14-29)31-8-4-21(28-23(31)33)27-22(32)30-9-5-26-6-10-30/h1-2,4,8,11,17-19,26H,3,5-7,9-10,12-14,25H2,(H,27,28,32,33)/t17?,18-,19+. The smallest absolute Gasteiger partial charge is 0.330 e. The van der Waals surface area contributed by atoms with Crippen molar-refractivity contribution in [3.05, 3.63) is 52.3 Å². The number of benzene rings is 1. The predicted octanol–water partition coefficient (Wildman–Crippen LogP) is 0.488. The second-order valence-electron chi connectivity index (χ2n) is 9.15. The molecule has 0 radical (unpaired) electrons. The summed E-state index contributed by atoms with van der Waals surface area (Å²) in [5.41, 5.74) is 6.23. The van der Waals surface area contributed by atoms with E-state index < -0.39 is 5.69 Å². The van der Waals surface area contributed by atoms with E-state index >= 15 is 0 Å². The number of aromatic nitrogens is 2. The molecule has 3 heterocycles. The SMILES string of the molecule is NCC1[C@H]2CN(CCc3ccc(-n4ccc(NC(=O)N5CCNCC5)nc4=O)cc3F)C[C@@H]12. The Balaban J connectivity index is 1.20. The molecule has 0 spiro atoms. The predicted molar refractivity (Wildman–Crippen MR) is 123 cm³/mol. The molecule has 2 aromatic rings. The number of rotatable bonds is 6. The zero-order chi connectivity index (χ0) is 22.9. The van der Waals surface area contributed by atoms with E-state index in [9.17, 15) is 14.0 Å². The van der Waals surface area contributed by atoms with Crippen LogP contribution in [0.2, 0.25) is 0 Å². The summed E-state index contributed by atoms with van der Waals surface area (Å²) in [4.78, 5) is 32.8. The number of carbonyl (C=O) groups is 1. The number of fused-ring (bicyclic) bond motifs is 1. The van der Waals surface area contributed by atoms with E-state index in [1.165, 1.54) is 16.8 Å². The van der Waals surface area contributed by atoms with Gasteiger partial charge in [0.15, 0.2) is 0 Å². The van der Waals surface area contributed by atoms with Gasteiger partial charge in [-0.15, -0.1) is 0 Å². The van der Waals surface area contributed by atoms with Gasteiger partial charge in [0.2, 0.25) is 0 Å². The normalized spacial score (nSPS) is 24.5. The molecule has 3 fully saturated rings. The minimum atomic E-state index is -0.578. The number of piperazine rings is 1. The average molecular weight is 456 g/mol. The topological polar surface area (TPSA) is 109 Å². The van der Waals surface area contributed by atoms with E-state index in [0.29, 0.717) is 36.7 Å². The van der Waals surface area contributed by atoms with Gasteiger partial charge in [0.25, 0.3) is 0 Å². The molecule has 1 aromatic carbocycles. The summed E-state index contributed by atoms with van der Waals surface area (Å²) < 4.78 is 16.0. The first-order valence-corrected chi connectivity index (χ1v) is 11.6. The Kier molecular flexibility index (Phi) is 6.13. The number of halogens is 1. The van der Waals surface area contributed by atoms with Crippen molar-refractivity contribution in [3.8, 4) is 5.69 Å². The fraction of sp³-hybridized carbons (Fsp3) is 0.522. The van der Waals surface area contributed by atoms with Gasteiger partial charge < -0.3 is 20.9 Å². The molecular formula is C23H30FN7O2. The van der Waals surface area contributed by atoms with Crippen LogP contribution in [0.25, 0.3) is 5.69 Å². The Hall–Kier alpha value is -2.82. The molecule has 1 saturated carbocycles. The van der Waals surface area contributed by atoms with Crippen LogP contribution in [0.1, 0.15) is 5.56 Å². The lowest BCUT2D eigenvalue weighted by atomic mass is 10.1. The number of piperidine rings is 1. The van der Waals surface area contributed by atoms with Crippen molar-refractivity contribution in [1.29, 1.82) is 0 Å². The van der Waals surface area contributed by atoms with Crippen LogP contribution in [0.5, 0.6) is 0 Å². The van der Waals surface area contributed by atoms with E-state index in [-0.39, 0.29) is 17.7 Å². The third-order valence-corrected chi connectivity index (χ3v) is 7.17. The lowest BCUT2D eigenvalue weighted by Crippen LogP contribution is -2.48. The number of urea groups is 1. The summed E-state index contributed by atoms with van der Waals surface area (Å²) in [7, 11) is 0. The summed E-state index contributed by atoms with van der Waals surface area (Å²) in [6, 6.07) is 6.08. The third-order valence-electron chi connectivity index (χ3n) is 7.17. The number of nitrogens with zero attached hydrogens (tertiary/aromatic N) is 4. The first-order valence-electron chi connectivity index (χ1n) is 11.6. The maximum atomic E-state index is 14.8. The highest BCUT2D eigenvalue weighted by Gasteiger charge is 2.54. The molecule has 2 amide bonds.